The van der Waals surface area contributed by atoms with Crippen LogP contribution in [0.4, 0.5) is 0 Å². The van der Waals surface area contributed by atoms with Gasteiger partial charge in [-0.1, -0.05) is 26.0 Å². The molecule has 3 rings (SSSR count). The lowest BCUT2D eigenvalue weighted by Crippen LogP contribution is -2.72. The van der Waals surface area contributed by atoms with Crippen molar-refractivity contribution in [2.75, 3.05) is 26.7 Å². The van der Waals surface area contributed by atoms with Crippen molar-refractivity contribution in [3.8, 4) is 11.5 Å². The Morgan fingerprint density at radius 1 is 1.26 bits per heavy atom. The summed E-state index contributed by atoms with van der Waals surface area (Å²) >= 11 is 0. The van der Waals surface area contributed by atoms with Crippen LogP contribution in [-0.2, 0) is 0 Å². The number of rotatable bonds is 2. The maximum Gasteiger partial charge on any atom is 0.194 e. The van der Waals surface area contributed by atoms with Crippen LogP contribution in [0, 0.1) is 5.41 Å². The lowest BCUT2D eigenvalue weighted by molar-refractivity contribution is -0.0671. The summed E-state index contributed by atoms with van der Waals surface area (Å²) in [6, 6.07) is 7.79. The molecule has 1 fully saturated rings. The second kappa shape index (κ2) is 5.62. The summed E-state index contributed by atoms with van der Waals surface area (Å²) in [7, 11) is 1.83. The highest BCUT2D eigenvalue weighted by atomic mass is 16.6. The van der Waals surface area contributed by atoms with E-state index in [0.717, 1.165) is 24.0 Å². The molecule has 2 aliphatic rings. The van der Waals surface area contributed by atoms with E-state index in [1.165, 1.54) is 0 Å². The summed E-state index contributed by atoms with van der Waals surface area (Å²) < 4.78 is 11.7. The number of nitrogens with one attached hydrogen (secondary N) is 1. The topological polar surface area (TPSA) is 46.1 Å². The minimum absolute atomic E-state index is 0.0148. The van der Waals surface area contributed by atoms with Gasteiger partial charge in [0.15, 0.2) is 17.5 Å². The van der Waals surface area contributed by atoms with Gasteiger partial charge < -0.3 is 19.7 Å². The largest absolute Gasteiger partial charge is 0.486 e. The molecule has 0 radical (unpaired) electrons. The predicted molar refractivity (Wildman–Crippen MR) is 92.3 cm³/mol. The van der Waals surface area contributed by atoms with Crippen LogP contribution in [0.15, 0.2) is 29.3 Å². The van der Waals surface area contributed by atoms with Crippen LogP contribution < -0.4 is 14.8 Å². The van der Waals surface area contributed by atoms with Gasteiger partial charge in [-0.25, -0.2) is 0 Å². The number of ether oxygens (including phenoxy) is 2. The third-order valence-corrected chi connectivity index (χ3v) is 5.41. The van der Waals surface area contributed by atoms with Gasteiger partial charge in [0.1, 0.15) is 12.7 Å². The zero-order valence-electron chi connectivity index (χ0n) is 14.7. The van der Waals surface area contributed by atoms with Crippen LogP contribution in [0.2, 0.25) is 0 Å². The molecule has 1 N–H and O–H groups in total. The molecule has 0 aliphatic carbocycles. The van der Waals surface area contributed by atoms with Gasteiger partial charge in [-0.2, -0.15) is 0 Å². The fourth-order valence-corrected chi connectivity index (χ4v) is 3.06. The second-order valence-electron chi connectivity index (χ2n) is 7.45. The van der Waals surface area contributed by atoms with Crippen LogP contribution in [0.25, 0.3) is 0 Å². The number of hydrogen-bond donors (Lipinski definition) is 1. The molecule has 0 aromatic heterocycles. The molecule has 1 atom stereocenters. The summed E-state index contributed by atoms with van der Waals surface area (Å²) in [5.74, 6) is 2.56. The van der Waals surface area contributed by atoms with Crippen molar-refractivity contribution in [2.45, 2.75) is 39.3 Å². The lowest BCUT2D eigenvalue weighted by atomic mass is 9.65. The molecule has 2 aliphatic heterocycles. The highest BCUT2D eigenvalue weighted by molar-refractivity contribution is 5.82. The normalized spacial score (nSPS) is 24.8. The first-order valence-electron chi connectivity index (χ1n) is 8.22. The summed E-state index contributed by atoms with van der Waals surface area (Å²) in [6.45, 7) is 11.4. The third-order valence-electron chi connectivity index (χ3n) is 5.41. The van der Waals surface area contributed by atoms with Crippen LogP contribution in [0.5, 0.6) is 11.5 Å². The molecule has 1 saturated heterocycles. The second-order valence-corrected chi connectivity index (χ2v) is 7.45. The Hall–Kier alpha value is -1.91. The molecule has 0 saturated carbocycles. The summed E-state index contributed by atoms with van der Waals surface area (Å²) in [5.41, 5.74) is 0.374. The highest BCUT2D eigenvalue weighted by Gasteiger charge is 2.53. The number of guanidine groups is 1. The molecule has 23 heavy (non-hydrogen) atoms. The molecule has 126 valence electrons. The van der Waals surface area contributed by atoms with E-state index in [-0.39, 0.29) is 17.1 Å². The van der Waals surface area contributed by atoms with Crippen LogP contribution in [0.3, 0.4) is 0 Å². The number of aliphatic imine (C=N–C) groups is 1. The van der Waals surface area contributed by atoms with Gasteiger partial charge >= 0.3 is 0 Å². The average Bonchev–Trinajstić information content (AvgIpc) is 2.54. The highest BCUT2D eigenvalue weighted by Crippen LogP contribution is 2.46. The van der Waals surface area contributed by atoms with Crippen LogP contribution in [0.1, 0.15) is 27.7 Å². The molecule has 2 heterocycles. The maximum atomic E-state index is 5.99. The van der Waals surface area contributed by atoms with Crippen LogP contribution in [-0.4, -0.2) is 49.2 Å². The molecule has 1 aromatic rings. The van der Waals surface area contributed by atoms with Crippen molar-refractivity contribution in [2.24, 2.45) is 10.4 Å². The molecule has 1 aromatic carbocycles. The van der Waals surface area contributed by atoms with Gasteiger partial charge in [-0.05, 0) is 26.0 Å². The minimum Gasteiger partial charge on any atom is -0.486 e. The van der Waals surface area contributed by atoms with E-state index in [1.807, 2.05) is 31.3 Å². The van der Waals surface area contributed by atoms with Crippen molar-refractivity contribution >= 4 is 5.96 Å². The van der Waals surface area contributed by atoms with Crippen molar-refractivity contribution in [1.29, 1.82) is 0 Å². The fourth-order valence-electron chi connectivity index (χ4n) is 3.06. The first-order valence-corrected chi connectivity index (χ1v) is 8.22. The SMILES string of the molecule is CN=C(NCC1COc2ccccc2O1)N1CC(C)(C)C1(C)C. The quantitative estimate of drug-likeness (QED) is 0.672. The number of hydrogen-bond acceptors (Lipinski definition) is 3. The Kier molecular flexibility index (Phi) is 3.90. The lowest BCUT2D eigenvalue weighted by Gasteiger charge is -2.62. The zero-order valence-corrected chi connectivity index (χ0v) is 14.7. The number of likely N-dealkylation sites (tertiary alicyclic amines) is 1. The summed E-state index contributed by atoms with van der Waals surface area (Å²) in [4.78, 5) is 6.76. The van der Waals surface area contributed by atoms with Crippen molar-refractivity contribution in [1.82, 2.24) is 10.2 Å². The van der Waals surface area contributed by atoms with E-state index in [9.17, 15) is 0 Å². The molecule has 0 spiro atoms. The average molecular weight is 317 g/mol. The Morgan fingerprint density at radius 3 is 2.57 bits per heavy atom. The Bertz CT molecular complexity index is 610. The molecule has 0 amide bonds. The summed E-state index contributed by atoms with van der Waals surface area (Å²) in [5, 5.41) is 3.44. The molecule has 5 heteroatoms. The van der Waals surface area contributed by atoms with E-state index < -0.39 is 0 Å². The molecular formula is C18H27N3O2. The van der Waals surface area contributed by atoms with Gasteiger partial charge in [0, 0.05) is 24.5 Å². The number of nitrogens with zero attached hydrogens (tertiary/aromatic N) is 2. The first kappa shape index (κ1) is 16.0. The van der Waals surface area contributed by atoms with Gasteiger partial charge in [0.25, 0.3) is 0 Å². The minimum atomic E-state index is -0.0148. The Labute approximate surface area is 138 Å². The molecule has 0 bridgehead atoms. The first-order chi connectivity index (χ1) is 10.8. The van der Waals surface area contributed by atoms with Gasteiger partial charge in [0.2, 0.25) is 0 Å². The van der Waals surface area contributed by atoms with Crippen molar-refractivity contribution in [3.63, 3.8) is 0 Å². The number of para-hydroxylation sites is 2. The Morgan fingerprint density at radius 2 is 1.96 bits per heavy atom. The van der Waals surface area contributed by atoms with E-state index in [1.54, 1.807) is 0 Å². The van der Waals surface area contributed by atoms with Crippen molar-refractivity contribution in [3.05, 3.63) is 24.3 Å². The predicted octanol–water partition coefficient (Wildman–Crippen LogP) is 2.52. The van der Waals surface area contributed by atoms with E-state index in [0.29, 0.717) is 13.2 Å². The van der Waals surface area contributed by atoms with E-state index in [4.69, 9.17) is 9.47 Å². The standard InChI is InChI=1S/C18H27N3O2/c1-17(2)12-21(18(17,3)4)16(19-5)20-10-13-11-22-14-8-6-7-9-15(14)23-13/h6-9,13H,10-12H2,1-5H3,(H,19,20). The number of benzene rings is 1. The summed E-state index contributed by atoms with van der Waals surface area (Å²) in [6.07, 6.45) is -0.0148. The molecular weight excluding hydrogens is 290 g/mol. The van der Waals surface area contributed by atoms with Crippen LogP contribution >= 0.6 is 0 Å². The molecule has 5 nitrogen and oxygen atoms in total. The maximum absolute atomic E-state index is 5.99. The smallest absolute Gasteiger partial charge is 0.194 e. The van der Waals surface area contributed by atoms with Crippen molar-refractivity contribution < 1.29 is 9.47 Å². The van der Waals surface area contributed by atoms with Gasteiger partial charge in [-0.3, -0.25) is 4.99 Å². The van der Waals surface area contributed by atoms with Gasteiger partial charge in [-0.15, -0.1) is 0 Å². The monoisotopic (exact) mass is 317 g/mol. The zero-order chi connectivity index (χ0) is 16.7. The van der Waals surface area contributed by atoms with E-state index in [2.05, 4.69) is 42.9 Å². The molecule has 1 unspecified atom stereocenters. The fraction of sp³-hybridized carbons (Fsp3) is 0.611. The van der Waals surface area contributed by atoms with E-state index >= 15 is 0 Å². The number of fused-ring (bicyclic) bond motifs is 1. The Balaban J connectivity index is 1.58. The van der Waals surface area contributed by atoms with Gasteiger partial charge in [0.05, 0.1) is 6.54 Å². The third kappa shape index (κ3) is 2.73.